The van der Waals surface area contributed by atoms with Gasteiger partial charge in [-0.3, -0.25) is 19.6 Å². The summed E-state index contributed by atoms with van der Waals surface area (Å²) in [6.45, 7) is 3.30. The van der Waals surface area contributed by atoms with Crippen LogP contribution in [0.1, 0.15) is 33.5 Å². The van der Waals surface area contributed by atoms with Crippen LogP contribution in [0.5, 0.6) is 0 Å². The van der Waals surface area contributed by atoms with Crippen LogP contribution in [0.15, 0.2) is 28.7 Å². The summed E-state index contributed by atoms with van der Waals surface area (Å²) in [5, 5.41) is 9.82. The molecule has 0 aliphatic carbocycles. The standard InChI is InChI=1S/C15H15BrN4O2S/c1-8-12(16)13(20(3)19-8)14(22)18-15(23)17-11-6-4-10(5-7-11)9(2)21/h4-7H,1-3H3,(H2,17,18,22,23). The lowest BCUT2D eigenvalue weighted by molar-refractivity contribution is 0.0966. The summed E-state index contributed by atoms with van der Waals surface area (Å²) in [7, 11) is 1.68. The minimum absolute atomic E-state index is 0.0103. The van der Waals surface area contributed by atoms with Gasteiger partial charge in [-0.2, -0.15) is 5.10 Å². The lowest BCUT2D eigenvalue weighted by Gasteiger charge is -2.10. The van der Waals surface area contributed by atoms with Crippen LogP contribution in [0.25, 0.3) is 0 Å². The zero-order valence-corrected chi connectivity index (χ0v) is 15.2. The number of aromatic nitrogens is 2. The van der Waals surface area contributed by atoms with Crippen molar-refractivity contribution in [3.63, 3.8) is 0 Å². The summed E-state index contributed by atoms with van der Waals surface area (Å²) >= 11 is 8.48. The maximum Gasteiger partial charge on any atom is 0.276 e. The van der Waals surface area contributed by atoms with Crippen LogP contribution in [0.4, 0.5) is 5.69 Å². The van der Waals surface area contributed by atoms with Gasteiger partial charge in [0, 0.05) is 18.3 Å². The summed E-state index contributed by atoms with van der Waals surface area (Å²) in [5.41, 5.74) is 2.40. The molecule has 1 amide bonds. The second-order valence-corrected chi connectivity index (χ2v) is 6.11. The predicted octanol–water partition coefficient (Wildman–Crippen LogP) is 2.82. The molecule has 2 rings (SSSR count). The molecule has 0 spiro atoms. The van der Waals surface area contributed by atoms with Crippen molar-refractivity contribution in [2.24, 2.45) is 7.05 Å². The Morgan fingerprint density at radius 2 is 1.87 bits per heavy atom. The Morgan fingerprint density at radius 1 is 1.26 bits per heavy atom. The van der Waals surface area contributed by atoms with Crippen molar-refractivity contribution in [3.05, 3.63) is 45.7 Å². The van der Waals surface area contributed by atoms with E-state index in [9.17, 15) is 9.59 Å². The number of thiocarbonyl (C=S) groups is 1. The third-order valence-corrected chi connectivity index (χ3v) is 4.29. The maximum atomic E-state index is 12.3. The Bertz CT molecular complexity index is 784. The summed E-state index contributed by atoms with van der Waals surface area (Å²) in [4.78, 5) is 23.5. The molecule has 6 nitrogen and oxygen atoms in total. The van der Waals surface area contributed by atoms with E-state index in [4.69, 9.17) is 12.2 Å². The Labute approximate surface area is 147 Å². The molecular weight excluding hydrogens is 380 g/mol. The molecule has 0 aliphatic rings. The van der Waals surface area contributed by atoms with Gasteiger partial charge in [-0.1, -0.05) is 0 Å². The number of hydrogen-bond donors (Lipinski definition) is 2. The molecule has 0 aliphatic heterocycles. The van der Waals surface area contributed by atoms with Gasteiger partial charge in [0.2, 0.25) is 0 Å². The number of carbonyl (C=O) groups is 2. The molecular formula is C15H15BrN4O2S. The summed E-state index contributed by atoms with van der Waals surface area (Å²) in [6, 6.07) is 6.82. The molecule has 0 saturated carbocycles. The van der Waals surface area contributed by atoms with Gasteiger partial charge in [-0.05, 0) is 66.3 Å². The normalized spacial score (nSPS) is 10.3. The van der Waals surface area contributed by atoms with E-state index in [2.05, 4.69) is 31.7 Å². The quantitative estimate of drug-likeness (QED) is 0.618. The topological polar surface area (TPSA) is 76.0 Å². The highest BCUT2D eigenvalue weighted by Crippen LogP contribution is 2.20. The minimum Gasteiger partial charge on any atom is -0.332 e. The lowest BCUT2D eigenvalue weighted by atomic mass is 10.1. The fraction of sp³-hybridized carbons (Fsp3) is 0.200. The Morgan fingerprint density at radius 3 is 2.35 bits per heavy atom. The molecule has 1 aromatic heterocycles. The highest BCUT2D eigenvalue weighted by atomic mass is 79.9. The van der Waals surface area contributed by atoms with E-state index in [-0.39, 0.29) is 16.8 Å². The number of hydrogen-bond acceptors (Lipinski definition) is 4. The summed E-state index contributed by atoms with van der Waals surface area (Å²) in [5.74, 6) is -0.373. The number of ketones is 1. The molecule has 2 aromatic rings. The van der Waals surface area contributed by atoms with E-state index in [1.807, 2.05) is 0 Å². The fourth-order valence-corrected chi connectivity index (χ4v) is 2.72. The van der Waals surface area contributed by atoms with E-state index >= 15 is 0 Å². The van der Waals surface area contributed by atoms with E-state index in [0.29, 0.717) is 21.4 Å². The zero-order chi connectivity index (χ0) is 17.1. The number of carbonyl (C=O) groups excluding carboxylic acids is 2. The number of nitrogens with one attached hydrogen (secondary N) is 2. The Balaban J connectivity index is 2.04. The monoisotopic (exact) mass is 394 g/mol. The first-order valence-electron chi connectivity index (χ1n) is 6.72. The van der Waals surface area contributed by atoms with Gasteiger partial charge in [-0.15, -0.1) is 0 Å². The third-order valence-electron chi connectivity index (χ3n) is 3.14. The fourth-order valence-electron chi connectivity index (χ4n) is 1.99. The minimum atomic E-state index is -0.363. The van der Waals surface area contributed by atoms with Crippen LogP contribution in [0, 0.1) is 6.92 Å². The molecule has 0 bridgehead atoms. The van der Waals surface area contributed by atoms with Gasteiger partial charge < -0.3 is 5.32 Å². The van der Waals surface area contributed by atoms with Gasteiger partial charge in [0.25, 0.3) is 5.91 Å². The average Bonchev–Trinajstić information content (AvgIpc) is 2.72. The number of nitrogens with zero attached hydrogens (tertiary/aromatic N) is 2. The highest BCUT2D eigenvalue weighted by molar-refractivity contribution is 9.10. The maximum absolute atomic E-state index is 12.3. The van der Waals surface area contributed by atoms with Gasteiger partial charge in [0.15, 0.2) is 10.9 Å². The van der Waals surface area contributed by atoms with E-state index in [0.717, 1.165) is 5.69 Å². The molecule has 0 fully saturated rings. The Kier molecular flexibility index (Phi) is 5.27. The van der Waals surface area contributed by atoms with Crippen molar-refractivity contribution >= 4 is 50.6 Å². The number of Topliss-reactive ketones (excluding diaryl/α,β-unsaturated/α-hetero) is 1. The molecule has 0 radical (unpaired) electrons. The average molecular weight is 395 g/mol. The van der Waals surface area contributed by atoms with E-state index < -0.39 is 0 Å². The van der Waals surface area contributed by atoms with Crippen molar-refractivity contribution in [1.29, 1.82) is 0 Å². The molecule has 1 heterocycles. The van der Waals surface area contributed by atoms with Crippen molar-refractivity contribution in [3.8, 4) is 0 Å². The predicted molar refractivity (Wildman–Crippen MR) is 95.8 cm³/mol. The summed E-state index contributed by atoms with van der Waals surface area (Å²) < 4.78 is 2.12. The van der Waals surface area contributed by atoms with Gasteiger partial charge in [-0.25, -0.2) is 0 Å². The zero-order valence-electron chi connectivity index (χ0n) is 12.8. The SMILES string of the molecule is CC(=O)c1ccc(NC(=S)NC(=O)c2c(Br)c(C)nn2C)cc1. The van der Waals surface area contributed by atoms with E-state index in [1.165, 1.54) is 11.6 Å². The van der Waals surface area contributed by atoms with Crippen LogP contribution in [-0.4, -0.2) is 26.6 Å². The van der Waals surface area contributed by atoms with Crippen molar-refractivity contribution in [1.82, 2.24) is 15.1 Å². The van der Waals surface area contributed by atoms with Gasteiger partial charge >= 0.3 is 0 Å². The lowest BCUT2D eigenvalue weighted by Crippen LogP contribution is -2.35. The highest BCUT2D eigenvalue weighted by Gasteiger charge is 2.19. The second kappa shape index (κ2) is 7.01. The van der Waals surface area contributed by atoms with Crippen molar-refractivity contribution in [2.75, 3.05) is 5.32 Å². The third kappa shape index (κ3) is 4.02. The first-order chi connectivity index (χ1) is 10.8. The van der Waals surface area contributed by atoms with Gasteiger partial charge in [0.1, 0.15) is 5.69 Å². The van der Waals surface area contributed by atoms with Gasteiger partial charge in [0.05, 0.1) is 10.2 Å². The number of benzene rings is 1. The smallest absolute Gasteiger partial charge is 0.276 e. The molecule has 120 valence electrons. The van der Waals surface area contributed by atoms with E-state index in [1.54, 1.807) is 38.2 Å². The molecule has 0 saturated heterocycles. The number of aryl methyl sites for hydroxylation is 2. The number of rotatable bonds is 3. The molecule has 0 unspecified atom stereocenters. The molecule has 2 N–H and O–H groups in total. The second-order valence-electron chi connectivity index (χ2n) is 4.91. The van der Waals surface area contributed by atoms with Crippen LogP contribution in [0.3, 0.4) is 0 Å². The molecule has 23 heavy (non-hydrogen) atoms. The largest absolute Gasteiger partial charge is 0.332 e. The van der Waals surface area contributed by atoms with Crippen LogP contribution >= 0.6 is 28.1 Å². The number of anilines is 1. The first kappa shape index (κ1) is 17.3. The Hall–Kier alpha value is -2.06. The molecule has 8 heteroatoms. The van der Waals surface area contributed by atoms with Crippen molar-refractivity contribution < 1.29 is 9.59 Å². The molecule has 0 atom stereocenters. The van der Waals surface area contributed by atoms with Crippen molar-refractivity contribution in [2.45, 2.75) is 13.8 Å². The van der Waals surface area contributed by atoms with Crippen LogP contribution in [-0.2, 0) is 7.05 Å². The first-order valence-corrected chi connectivity index (χ1v) is 7.92. The number of amides is 1. The molecule has 1 aromatic carbocycles. The van der Waals surface area contributed by atoms with Crippen LogP contribution in [0.2, 0.25) is 0 Å². The number of halogens is 1. The van der Waals surface area contributed by atoms with Crippen LogP contribution < -0.4 is 10.6 Å². The summed E-state index contributed by atoms with van der Waals surface area (Å²) in [6.07, 6.45) is 0.